The number of carbonyl (C=O) groups excluding carboxylic acids is 2. The van der Waals surface area contributed by atoms with Crippen molar-refractivity contribution in [3.63, 3.8) is 0 Å². The van der Waals surface area contributed by atoms with Crippen molar-refractivity contribution in [1.82, 2.24) is 10.6 Å². The lowest BCUT2D eigenvalue weighted by atomic mass is 9.93. The Labute approximate surface area is 128 Å². The Morgan fingerprint density at radius 3 is 2.57 bits per heavy atom. The quantitative estimate of drug-likeness (QED) is 0.668. The van der Waals surface area contributed by atoms with Gasteiger partial charge >= 0.3 is 5.97 Å². The Balaban J connectivity index is 2.44. The molecule has 0 radical (unpaired) electrons. The highest BCUT2D eigenvalue weighted by Crippen LogP contribution is 2.18. The molecule has 0 aliphatic carbocycles. The number of carbonyl (C=O) groups is 2. The highest BCUT2D eigenvalue weighted by Gasteiger charge is 2.29. The minimum absolute atomic E-state index is 0.0484. The van der Waals surface area contributed by atoms with Gasteiger partial charge < -0.3 is 15.4 Å². The highest BCUT2D eigenvalue weighted by atomic mass is 16.5. The molecule has 122 valence electrons. The molecule has 0 aromatic carbocycles. The summed E-state index contributed by atoms with van der Waals surface area (Å²) in [6.45, 7) is 10.8. The van der Waals surface area contributed by atoms with Crippen molar-refractivity contribution >= 4 is 11.9 Å². The van der Waals surface area contributed by atoms with E-state index in [4.69, 9.17) is 4.74 Å². The standard InChI is InChI=1S/C16H30N2O3/c1-5-21-15(19)7-13(6-11(2)3)9-18-16(20)14-10-17-8-12(14)4/h11-14,17H,5-10H2,1-4H3,(H,18,20)/t12-,13+,14-/m1/s1. The normalized spacial score (nSPS) is 23.1. The van der Waals surface area contributed by atoms with Crippen LogP contribution in [0.4, 0.5) is 0 Å². The number of hydrogen-bond acceptors (Lipinski definition) is 4. The Hall–Kier alpha value is -1.10. The molecular formula is C16H30N2O3. The smallest absolute Gasteiger partial charge is 0.306 e. The van der Waals surface area contributed by atoms with Crippen LogP contribution in [0.2, 0.25) is 0 Å². The molecule has 0 aromatic rings. The topological polar surface area (TPSA) is 67.4 Å². The van der Waals surface area contributed by atoms with Crippen LogP contribution in [0.3, 0.4) is 0 Å². The van der Waals surface area contributed by atoms with Crippen LogP contribution in [-0.2, 0) is 14.3 Å². The van der Waals surface area contributed by atoms with Crippen LogP contribution in [0.5, 0.6) is 0 Å². The molecule has 0 saturated carbocycles. The molecule has 1 saturated heterocycles. The van der Waals surface area contributed by atoms with Gasteiger partial charge in [0.05, 0.1) is 18.9 Å². The summed E-state index contributed by atoms with van der Waals surface area (Å²) >= 11 is 0. The summed E-state index contributed by atoms with van der Waals surface area (Å²) in [5.41, 5.74) is 0. The second kappa shape index (κ2) is 9.03. The molecule has 1 rings (SSSR count). The van der Waals surface area contributed by atoms with Crippen LogP contribution in [0.15, 0.2) is 0 Å². The first-order valence-corrected chi connectivity index (χ1v) is 8.08. The second-order valence-electron chi connectivity index (χ2n) is 6.49. The largest absolute Gasteiger partial charge is 0.466 e. The molecule has 0 spiro atoms. The fraction of sp³-hybridized carbons (Fsp3) is 0.875. The van der Waals surface area contributed by atoms with Crippen molar-refractivity contribution in [2.45, 2.75) is 40.5 Å². The number of rotatable bonds is 8. The summed E-state index contributed by atoms with van der Waals surface area (Å²) in [4.78, 5) is 23.8. The van der Waals surface area contributed by atoms with Gasteiger partial charge in [-0.15, -0.1) is 0 Å². The van der Waals surface area contributed by atoms with Gasteiger partial charge in [0.2, 0.25) is 5.91 Å². The summed E-state index contributed by atoms with van der Waals surface area (Å²) in [5, 5.41) is 6.26. The number of ether oxygens (including phenoxy) is 1. The molecule has 1 aliphatic heterocycles. The zero-order valence-electron chi connectivity index (χ0n) is 13.8. The van der Waals surface area contributed by atoms with Gasteiger partial charge in [-0.2, -0.15) is 0 Å². The van der Waals surface area contributed by atoms with E-state index in [1.807, 2.05) is 6.92 Å². The predicted molar refractivity (Wildman–Crippen MR) is 82.7 cm³/mol. The molecule has 21 heavy (non-hydrogen) atoms. The summed E-state index contributed by atoms with van der Waals surface area (Å²) in [6, 6.07) is 0. The number of hydrogen-bond donors (Lipinski definition) is 2. The lowest BCUT2D eigenvalue weighted by molar-refractivity contribution is -0.144. The van der Waals surface area contributed by atoms with Gasteiger partial charge in [-0.25, -0.2) is 0 Å². The van der Waals surface area contributed by atoms with E-state index in [0.717, 1.165) is 19.5 Å². The molecule has 1 amide bonds. The van der Waals surface area contributed by atoms with Gasteiger partial charge in [-0.3, -0.25) is 9.59 Å². The lowest BCUT2D eigenvalue weighted by Gasteiger charge is -2.21. The second-order valence-corrected chi connectivity index (χ2v) is 6.49. The molecular weight excluding hydrogens is 268 g/mol. The maximum absolute atomic E-state index is 12.2. The van der Waals surface area contributed by atoms with Crippen LogP contribution in [0.1, 0.15) is 40.5 Å². The molecule has 0 bridgehead atoms. The zero-order valence-corrected chi connectivity index (χ0v) is 13.8. The van der Waals surface area contributed by atoms with E-state index in [2.05, 4.69) is 31.4 Å². The van der Waals surface area contributed by atoms with E-state index in [9.17, 15) is 9.59 Å². The van der Waals surface area contributed by atoms with Gasteiger partial charge in [0.15, 0.2) is 0 Å². The van der Waals surface area contributed by atoms with Crippen LogP contribution >= 0.6 is 0 Å². The predicted octanol–water partition coefficient (Wildman–Crippen LogP) is 1.57. The van der Waals surface area contributed by atoms with E-state index in [0.29, 0.717) is 31.4 Å². The number of nitrogens with one attached hydrogen (secondary N) is 2. The maximum Gasteiger partial charge on any atom is 0.306 e. The first kappa shape index (κ1) is 18.0. The summed E-state index contributed by atoms with van der Waals surface area (Å²) in [6.07, 6.45) is 1.29. The van der Waals surface area contributed by atoms with Crippen LogP contribution in [-0.4, -0.2) is 38.1 Å². The first-order chi connectivity index (χ1) is 9.93. The van der Waals surface area contributed by atoms with E-state index in [-0.39, 0.29) is 23.7 Å². The third kappa shape index (κ3) is 6.46. The highest BCUT2D eigenvalue weighted by molar-refractivity contribution is 5.79. The molecule has 0 aromatic heterocycles. The summed E-state index contributed by atoms with van der Waals surface area (Å²) in [7, 11) is 0. The van der Waals surface area contributed by atoms with Gasteiger partial charge in [0, 0.05) is 13.1 Å². The SMILES string of the molecule is CCOC(=O)C[C@@H](CNC(=O)[C@@H]1CNC[C@H]1C)CC(C)C. The van der Waals surface area contributed by atoms with E-state index < -0.39 is 0 Å². The molecule has 3 atom stereocenters. The molecule has 0 unspecified atom stereocenters. The Bertz CT molecular complexity index is 344. The minimum atomic E-state index is -0.173. The molecule has 1 fully saturated rings. The lowest BCUT2D eigenvalue weighted by Crippen LogP contribution is -2.38. The Morgan fingerprint density at radius 1 is 1.33 bits per heavy atom. The summed E-state index contributed by atoms with van der Waals surface area (Å²) in [5.74, 6) is 0.996. The Kier molecular flexibility index (Phi) is 7.72. The maximum atomic E-state index is 12.2. The Morgan fingerprint density at radius 2 is 2.05 bits per heavy atom. The monoisotopic (exact) mass is 298 g/mol. The molecule has 1 heterocycles. The van der Waals surface area contributed by atoms with Gasteiger partial charge in [-0.1, -0.05) is 20.8 Å². The average Bonchev–Trinajstić information content (AvgIpc) is 2.81. The van der Waals surface area contributed by atoms with Gasteiger partial charge in [0.25, 0.3) is 0 Å². The molecule has 2 N–H and O–H groups in total. The van der Waals surface area contributed by atoms with Crippen molar-refractivity contribution in [3.8, 4) is 0 Å². The zero-order chi connectivity index (χ0) is 15.8. The third-order valence-corrected chi connectivity index (χ3v) is 3.98. The number of esters is 1. The van der Waals surface area contributed by atoms with Gasteiger partial charge in [-0.05, 0) is 37.6 Å². The summed E-state index contributed by atoms with van der Waals surface area (Å²) < 4.78 is 5.02. The van der Waals surface area contributed by atoms with Gasteiger partial charge in [0.1, 0.15) is 0 Å². The fourth-order valence-electron chi connectivity index (χ4n) is 2.90. The van der Waals surface area contributed by atoms with Crippen molar-refractivity contribution < 1.29 is 14.3 Å². The average molecular weight is 298 g/mol. The molecule has 5 nitrogen and oxygen atoms in total. The first-order valence-electron chi connectivity index (χ1n) is 8.08. The molecule has 1 aliphatic rings. The minimum Gasteiger partial charge on any atom is -0.466 e. The third-order valence-electron chi connectivity index (χ3n) is 3.98. The van der Waals surface area contributed by atoms with Crippen molar-refractivity contribution in [2.75, 3.05) is 26.2 Å². The van der Waals surface area contributed by atoms with Crippen LogP contribution in [0.25, 0.3) is 0 Å². The van der Waals surface area contributed by atoms with Crippen molar-refractivity contribution in [3.05, 3.63) is 0 Å². The van der Waals surface area contributed by atoms with Crippen LogP contribution < -0.4 is 10.6 Å². The van der Waals surface area contributed by atoms with Crippen molar-refractivity contribution in [2.24, 2.45) is 23.7 Å². The van der Waals surface area contributed by atoms with E-state index in [1.165, 1.54) is 0 Å². The number of amides is 1. The molecule has 5 heteroatoms. The van der Waals surface area contributed by atoms with E-state index in [1.54, 1.807) is 0 Å². The fourth-order valence-corrected chi connectivity index (χ4v) is 2.90. The van der Waals surface area contributed by atoms with Crippen molar-refractivity contribution in [1.29, 1.82) is 0 Å². The van der Waals surface area contributed by atoms with Crippen LogP contribution in [0, 0.1) is 23.7 Å². The van der Waals surface area contributed by atoms with E-state index >= 15 is 0 Å².